The summed E-state index contributed by atoms with van der Waals surface area (Å²) in [4.78, 5) is 6.87. The number of hydrogen-bond donors (Lipinski definition) is 0. The molecule has 3 aromatic carbocycles. The monoisotopic (exact) mass is 474 g/mol. The first-order valence-electron chi connectivity index (χ1n) is 11.3. The molecule has 0 spiro atoms. The zero-order valence-corrected chi connectivity index (χ0v) is 19.8. The largest absolute Gasteiger partial charge is 0.339 e. The Labute approximate surface area is 199 Å². The molecule has 4 aromatic rings. The lowest BCUT2D eigenvalue weighted by molar-refractivity contribution is 0.181. The van der Waals surface area contributed by atoms with E-state index >= 15 is 0 Å². The molecule has 2 heterocycles. The molecule has 8 heteroatoms. The molecular weight excluding hydrogens is 448 g/mol. The van der Waals surface area contributed by atoms with E-state index in [1.165, 1.54) is 0 Å². The lowest BCUT2D eigenvalue weighted by atomic mass is 10.1. The first-order chi connectivity index (χ1) is 16.5. The van der Waals surface area contributed by atoms with E-state index in [0.717, 1.165) is 28.8 Å². The van der Waals surface area contributed by atoms with Gasteiger partial charge in [-0.2, -0.15) is 9.29 Å². The van der Waals surface area contributed by atoms with Gasteiger partial charge in [0.1, 0.15) is 0 Å². The molecule has 0 saturated carbocycles. The third kappa shape index (κ3) is 4.79. The molecule has 0 unspecified atom stereocenters. The van der Waals surface area contributed by atoms with Crippen molar-refractivity contribution in [3.63, 3.8) is 0 Å². The maximum absolute atomic E-state index is 13.2. The third-order valence-corrected chi connectivity index (χ3v) is 7.99. The molecule has 1 aromatic heterocycles. The molecular formula is C26H26N4O3S. The van der Waals surface area contributed by atoms with Gasteiger partial charge in [-0.25, -0.2) is 8.42 Å². The minimum Gasteiger partial charge on any atom is -0.339 e. The second-order valence-electron chi connectivity index (χ2n) is 8.40. The Morgan fingerprint density at radius 1 is 0.794 bits per heavy atom. The van der Waals surface area contributed by atoms with Gasteiger partial charge in [-0.1, -0.05) is 71.9 Å². The Balaban J connectivity index is 1.19. The first-order valence-corrected chi connectivity index (χ1v) is 12.7. The molecule has 1 fully saturated rings. The van der Waals surface area contributed by atoms with Crippen LogP contribution in [0.4, 0.5) is 0 Å². The molecule has 0 aliphatic carbocycles. The summed E-state index contributed by atoms with van der Waals surface area (Å²) in [5.41, 5.74) is 4.15. The average Bonchev–Trinajstić information content (AvgIpc) is 3.32. The Kier molecular flexibility index (Phi) is 6.28. The zero-order chi connectivity index (χ0) is 23.5. The van der Waals surface area contributed by atoms with Gasteiger partial charge in [0, 0.05) is 45.2 Å². The average molecular weight is 475 g/mol. The molecule has 174 valence electrons. The highest BCUT2D eigenvalue weighted by Gasteiger charge is 2.28. The molecule has 0 atom stereocenters. The van der Waals surface area contributed by atoms with Gasteiger partial charge in [-0.3, -0.25) is 4.90 Å². The van der Waals surface area contributed by atoms with Crippen molar-refractivity contribution in [3.05, 3.63) is 90.3 Å². The van der Waals surface area contributed by atoms with E-state index in [1.807, 2.05) is 54.6 Å². The van der Waals surface area contributed by atoms with E-state index in [1.54, 1.807) is 23.4 Å². The predicted molar refractivity (Wildman–Crippen MR) is 130 cm³/mol. The summed E-state index contributed by atoms with van der Waals surface area (Å²) < 4.78 is 33.0. The smallest absolute Gasteiger partial charge is 0.243 e. The highest BCUT2D eigenvalue weighted by Crippen LogP contribution is 2.24. The number of benzene rings is 3. The van der Waals surface area contributed by atoms with Crippen LogP contribution in [0.15, 0.2) is 88.3 Å². The van der Waals surface area contributed by atoms with Gasteiger partial charge in [-0.15, -0.1) is 0 Å². The van der Waals surface area contributed by atoms with E-state index in [4.69, 9.17) is 4.52 Å². The topological polar surface area (TPSA) is 79.5 Å². The number of nitrogens with zero attached hydrogens (tertiary/aromatic N) is 4. The number of sulfonamides is 1. The molecule has 1 saturated heterocycles. The second kappa shape index (κ2) is 9.50. The van der Waals surface area contributed by atoms with E-state index in [0.29, 0.717) is 42.8 Å². The summed E-state index contributed by atoms with van der Waals surface area (Å²) in [6.45, 7) is 4.86. The minimum absolute atomic E-state index is 0.341. The normalized spacial score (nSPS) is 15.4. The van der Waals surface area contributed by atoms with Crippen LogP contribution in [0.5, 0.6) is 0 Å². The van der Waals surface area contributed by atoms with Gasteiger partial charge in [0.2, 0.25) is 21.7 Å². The first kappa shape index (κ1) is 22.5. The van der Waals surface area contributed by atoms with E-state index in [-0.39, 0.29) is 0 Å². The summed E-state index contributed by atoms with van der Waals surface area (Å²) in [5.74, 6) is 1.12. The van der Waals surface area contributed by atoms with Gasteiger partial charge in [0.25, 0.3) is 0 Å². The highest BCUT2D eigenvalue weighted by molar-refractivity contribution is 7.89. The Morgan fingerprint density at radius 3 is 2.03 bits per heavy atom. The summed E-state index contributed by atoms with van der Waals surface area (Å²) in [5, 5.41) is 3.95. The molecule has 34 heavy (non-hydrogen) atoms. The molecule has 0 amide bonds. The van der Waals surface area contributed by atoms with E-state index in [2.05, 4.69) is 27.2 Å². The van der Waals surface area contributed by atoms with Crippen molar-refractivity contribution in [1.82, 2.24) is 19.3 Å². The Morgan fingerprint density at radius 2 is 1.41 bits per heavy atom. The fraction of sp³-hybridized carbons (Fsp3) is 0.231. The SMILES string of the molecule is Cc1nc(-c2ccc(CN3CCN(S(=O)(=O)c4ccc(-c5ccccc5)cc4)CC3)cc2)no1. The molecule has 0 bridgehead atoms. The molecule has 1 aliphatic rings. The van der Waals surface area contributed by atoms with Gasteiger partial charge >= 0.3 is 0 Å². The number of rotatable bonds is 6. The van der Waals surface area contributed by atoms with Crippen molar-refractivity contribution in [3.8, 4) is 22.5 Å². The fourth-order valence-corrected chi connectivity index (χ4v) is 5.58. The molecule has 0 N–H and O–H groups in total. The number of piperazine rings is 1. The van der Waals surface area contributed by atoms with Crippen LogP contribution < -0.4 is 0 Å². The van der Waals surface area contributed by atoms with Crippen LogP contribution in [-0.4, -0.2) is 53.9 Å². The minimum atomic E-state index is -3.51. The van der Waals surface area contributed by atoms with Crippen molar-refractivity contribution in [2.75, 3.05) is 26.2 Å². The fourth-order valence-electron chi connectivity index (χ4n) is 4.16. The van der Waals surface area contributed by atoms with Crippen LogP contribution >= 0.6 is 0 Å². The van der Waals surface area contributed by atoms with Gasteiger partial charge in [-0.05, 0) is 28.8 Å². The van der Waals surface area contributed by atoms with Gasteiger partial charge in [0.15, 0.2) is 0 Å². The number of aromatic nitrogens is 2. The standard InChI is InChI=1S/C26H26N4O3S/c1-20-27-26(28-33-20)24-9-7-21(8-10-24)19-29-15-17-30(18-16-29)34(31,32)25-13-11-23(12-14-25)22-5-3-2-4-6-22/h2-14H,15-19H2,1H3. The van der Waals surface area contributed by atoms with Crippen molar-refractivity contribution >= 4 is 10.0 Å². The van der Waals surface area contributed by atoms with Crippen molar-refractivity contribution in [1.29, 1.82) is 0 Å². The number of aryl methyl sites for hydroxylation is 1. The molecule has 5 rings (SSSR count). The molecule has 7 nitrogen and oxygen atoms in total. The maximum atomic E-state index is 13.2. The van der Waals surface area contributed by atoms with Gasteiger partial charge in [0.05, 0.1) is 4.90 Å². The number of hydrogen-bond acceptors (Lipinski definition) is 6. The second-order valence-corrected chi connectivity index (χ2v) is 10.3. The third-order valence-electron chi connectivity index (χ3n) is 6.08. The van der Waals surface area contributed by atoms with Crippen LogP contribution in [0.3, 0.4) is 0 Å². The summed E-state index contributed by atoms with van der Waals surface area (Å²) in [6.07, 6.45) is 0. The van der Waals surface area contributed by atoms with E-state index in [9.17, 15) is 8.42 Å². The van der Waals surface area contributed by atoms with Crippen LogP contribution in [0.2, 0.25) is 0 Å². The van der Waals surface area contributed by atoms with Crippen molar-refractivity contribution in [2.45, 2.75) is 18.4 Å². The lowest BCUT2D eigenvalue weighted by Crippen LogP contribution is -2.48. The quantitative estimate of drug-likeness (QED) is 0.416. The van der Waals surface area contributed by atoms with Crippen LogP contribution in [-0.2, 0) is 16.6 Å². The van der Waals surface area contributed by atoms with Crippen LogP contribution in [0, 0.1) is 6.92 Å². The Bertz CT molecular complexity index is 1340. The summed E-state index contributed by atoms with van der Waals surface area (Å²) >= 11 is 0. The molecule has 0 radical (unpaired) electrons. The summed E-state index contributed by atoms with van der Waals surface area (Å²) in [7, 11) is -3.51. The Hall–Kier alpha value is -3.33. The lowest BCUT2D eigenvalue weighted by Gasteiger charge is -2.34. The maximum Gasteiger partial charge on any atom is 0.243 e. The van der Waals surface area contributed by atoms with Crippen LogP contribution in [0.1, 0.15) is 11.5 Å². The summed E-state index contributed by atoms with van der Waals surface area (Å²) in [6, 6.07) is 25.2. The predicted octanol–water partition coefficient (Wildman–Crippen LogP) is 4.22. The van der Waals surface area contributed by atoms with Crippen molar-refractivity contribution in [2.24, 2.45) is 0 Å². The van der Waals surface area contributed by atoms with Crippen LogP contribution in [0.25, 0.3) is 22.5 Å². The van der Waals surface area contributed by atoms with Crippen molar-refractivity contribution < 1.29 is 12.9 Å². The van der Waals surface area contributed by atoms with Gasteiger partial charge < -0.3 is 4.52 Å². The molecule has 1 aliphatic heterocycles. The zero-order valence-electron chi connectivity index (χ0n) is 19.0. The van der Waals surface area contributed by atoms with E-state index < -0.39 is 10.0 Å². The highest BCUT2D eigenvalue weighted by atomic mass is 32.2.